The second-order valence-corrected chi connectivity index (χ2v) is 3.16. The van der Waals surface area contributed by atoms with Crippen LogP contribution in [0.4, 0.5) is 0 Å². The number of aromatic nitrogens is 1. The average Bonchev–Trinajstić information content (AvgIpc) is 2.18. The van der Waals surface area contributed by atoms with Crippen LogP contribution in [0.1, 0.15) is 6.92 Å². The summed E-state index contributed by atoms with van der Waals surface area (Å²) in [6.07, 6.45) is 0. The molecule has 1 aromatic carbocycles. The minimum Gasteiger partial charge on any atom is -0.508 e. The van der Waals surface area contributed by atoms with Gasteiger partial charge in [0.1, 0.15) is 5.75 Å². The smallest absolute Gasteiger partial charge is 0.250 e. The number of hydrogen-bond acceptors (Lipinski definition) is 2. The van der Waals surface area contributed by atoms with Crippen molar-refractivity contribution in [1.82, 2.24) is 4.57 Å². The van der Waals surface area contributed by atoms with Gasteiger partial charge in [0, 0.05) is 18.0 Å². The van der Waals surface area contributed by atoms with Gasteiger partial charge in [-0.15, -0.1) is 0 Å². The zero-order chi connectivity index (χ0) is 10.1. The zero-order valence-electron chi connectivity index (χ0n) is 7.90. The summed E-state index contributed by atoms with van der Waals surface area (Å²) in [6.45, 7) is 2.56. The molecule has 0 saturated heterocycles. The fourth-order valence-electron chi connectivity index (χ4n) is 1.62. The maximum absolute atomic E-state index is 11.4. The molecule has 0 aliphatic rings. The molecular formula is C11H11NO2. The van der Waals surface area contributed by atoms with E-state index in [9.17, 15) is 9.90 Å². The maximum Gasteiger partial charge on any atom is 0.250 e. The van der Waals surface area contributed by atoms with Gasteiger partial charge in [0.25, 0.3) is 5.56 Å². The zero-order valence-corrected chi connectivity index (χ0v) is 7.90. The van der Waals surface area contributed by atoms with E-state index in [2.05, 4.69) is 0 Å². The molecule has 1 aromatic heterocycles. The second-order valence-electron chi connectivity index (χ2n) is 3.16. The van der Waals surface area contributed by atoms with Crippen molar-refractivity contribution in [2.45, 2.75) is 13.5 Å². The van der Waals surface area contributed by atoms with Crippen molar-refractivity contribution in [3.05, 3.63) is 40.7 Å². The van der Waals surface area contributed by atoms with Gasteiger partial charge in [-0.05, 0) is 31.2 Å². The summed E-state index contributed by atoms with van der Waals surface area (Å²) < 4.78 is 1.68. The van der Waals surface area contributed by atoms with Gasteiger partial charge >= 0.3 is 0 Å². The Morgan fingerprint density at radius 2 is 2.07 bits per heavy atom. The first kappa shape index (κ1) is 8.81. The SMILES string of the molecule is CCn1c(=O)ccc2cc(O)ccc21. The molecule has 0 amide bonds. The van der Waals surface area contributed by atoms with Crippen LogP contribution in [0, 0.1) is 0 Å². The highest BCUT2D eigenvalue weighted by Gasteiger charge is 2.01. The van der Waals surface area contributed by atoms with Crippen LogP contribution in [0.2, 0.25) is 0 Å². The molecule has 1 heterocycles. The molecule has 0 atom stereocenters. The Morgan fingerprint density at radius 1 is 1.29 bits per heavy atom. The monoisotopic (exact) mass is 189 g/mol. The number of nitrogens with zero attached hydrogens (tertiary/aromatic N) is 1. The Labute approximate surface area is 81.2 Å². The largest absolute Gasteiger partial charge is 0.508 e. The van der Waals surface area contributed by atoms with Gasteiger partial charge in [-0.1, -0.05) is 0 Å². The predicted octanol–water partition coefficient (Wildman–Crippen LogP) is 1.73. The number of phenolic OH excluding ortho intramolecular Hbond substituents is 1. The van der Waals surface area contributed by atoms with Crippen molar-refractivity contribution in [3.63, 3.8) is 0 Å². The maximum atomic E-state index is 11.4. The van der Waals surface area contributed by atoms with Crippen molar-refractivity contribution in [2.75, 3.05) is 0 Å². The van der Waals surface area contributed by atoms with E-state index in [0.717, 1.165) is 10.9 Å². The Bertz CT molecular complexity index is 528. The second kappa shape index (κ2) is 3.18. The van der Waals surface area contributed by atoms with Crippen LogP contribution < -0.4 is 5.56 Å². The number of hydrogen-bond donors (Lipinski definition) is 1. The van der Waals surface area contributed by atoms with Gasteiger partial charge < -0.3 is 9.67 Å². The first-order chi connectivity index (χ1) is 6.72. The van der Waals surface area contributed by atoms with Gasteiger partial charge in [-0.2, -0.15) is 0 Å². The number of aromatic hydroxyl groups is 1. The molecule has 2 rings (SSSR count). The van der Waals surface area contributed by atoms with Crippen molar-refractivity contribution >= 4 is 10.9 Å². The predicted molar refractivity (Wildman–Crippen MR) is 55.5 cm³/mol. The quantitative estimate of drug-likeness (QED) is 0.742. The van der Waals surface area contributed by atoms with Crippen LogP contribution >= 0.6 is 0 Å². The van der Waals surface area contributed by atoms with Crippen LogP contribution in [0.15, 0.2) is 35.1 Å². The van der Waals surface area contributed by atoms with E-state index in [1.165, 1.54) is 6.07 Å². The topological polar surface area (TPSA) is 42.2 Å². The number of aryl methyl sites for hydroxylation is 1. The number of pyridine rings is 1. The third kappa shape index (κ3) is 1.27. The number of fused-ring (bicyclic) bond motifs is 1. The molecular weight excluding hydrogens is 178 g/mol. The lowest BCUT2D eigenvalue weighted by Crippen LogP contribution is -2.17. The van der Waals surface area contributed by atoms with Crippen LogP contribution in [-0.4, -0.2) is 9.67 Å². The van der Waals surface area contributed by atoms with Crippen molar-refractivity contribution < 1.29 is 5.11 Å². The van der Waals surface area contributed by atoms with Crippen LogP contribution in [-0.2, 0) is 6.54 Å². The van der Waals surface area contributed by atoms with E-state index < -0.39 is 0 Å². The fourth-order valence-corrected chi connectivity index (χ4v) is 1.62. The van der Waals surface area contributed by atoms with Gasteiger partial charge in [-0.25, -0.2) is 0 Å². The molecule has 0 unspecified atom stereocenters. The van der Waals surface area contributed by atoms with Crippen LogP contribution in [0.5, 0.6) is 5.75 Å². The molecule has 3 nitrogen and oxygen atoms in total. The molecule has 0 aliphatic heterocycles. The third-order valence-electron chi connectivity index (χ3n) is 2.29. The molecule has 0 radical (unpaired) electrons. The summed E-state index contributed by atoms with van der Waals surface area (Å²) in [7, 11) is 0. The minimum atomic E-state index is -0.00862. The summed E-state index contributed by atoms with van der Waals surface area (Å²) in [5.74, 6) is 0.221. The van der Waals surface area contributed by atoms with Gasteiger partial charge in [0.2, 0.25) is 0 Å². The summed E-state index contributed by atoms with van der Waals surface area (Å²) in [5, 5.41) is 10.2. The Hall–Kier alpha value is -1.77. The number of benzene rings is 1. The van der Waals surface area contributed by atoms with E-state index in [1.54, 1.807) is 28.8 Å². The van der Waals surface area contributed by atoms with Gasteiger partial charge in [-0.3, -0.25) is 4.79 Å². The standard InChI is InChI=1S/C11H11NO2/c1-2-12-10-5-4-9(13)7-8(10)3-6-11(12)14/h3-7,13H,2H2,1H3. The molecule has 0 fully saturated rings. The Balaban J connectivity index is 2.89. The summed E-state index contributed by atoms with van der Waals surface area (Å²) in [4.78, 5) is 11.4. The molecule has 2 aromatic rings. The van der Waals surface area contributed by atoms with E-state index in [0.29, 0.717) is 6.54 Å². The van der Waals surface area contributed by atoms with Crippen molar-refractivity contribution in [1.29, 1.82) is 0 Å². The lowest BCUT2D eigenvalue weighted by atomic mass is 10.2. The van der Waals surface area contributed by atoms with Gasteiger partial charge in [0.15, 0.2) is 0 Å². The minimum absolute atomic E-state index is 0.00862. The Kier molecular flexibility index (Phi) is 2.00. The lowest BCUT2D eigenvalue weighted by Gasteiger charge is -2.06. The van der Waals surface area contributed by atoms with Crippen LogP contribution in [0.25, 0.3) is 10.9 Å². The Morgan fingerprint density at radius 3 is 2.79 bits per heavy atom. The number of phenols is 1. The first-order valence-corrected chi connectivity index (χ1v) is 4.55. The lowest BCUT2D eigenvalue weighted by molar-refractivity contribution is 0.476. The number of rotatable bonds is 1. The fraction of sp³-hybridized carbons (Fsp3) is 0.182. The molecule has 0 spiro atoms. The molecule has 1 N–H and O–H groups in total. The van der Waals surface area contributed by atoms with Gasteiger partial charge in [0.05, 0.1) is 5.52 Å². The molecule has 0 aliphatic carbocycles. The summed E-state index contributed by atoms with van der Waals surface area (Å²) in [5.41, 5.74) is 0.850. The summed E-state index contributed by atoms with van der Waals surface area (Å²) >= 11 is 0. The average molecular weight is 189 g/mol. The molecule has 14 heavy (non-hydrogen) atoms. The highest BCUT2D eigenvalue weighted by molar-refractivity contribution is 5.80. The molecule has 3 heteroatoms. The normalized spacial score (nSPS) is 10.6. The molecule has 0 bridgehead atoms. The van der Waals surface area contributed by atoms with E-state index in [-0.39, 0.29) is 11.3 Å². The summed E-state index contributed by atoms with van der Waals surface area (Å²) in [6, 6.07) is 8.25. The molecule has 72 valence electrons. The van der Waals surface area contributed by atoms with E-state index in [1.807, 2.05) is 6.92 Å². The van der Waals surface area contributed by atoms with E-state index in [4.69, 9.17) is 0 Å². The highest BCUT2D eigenvalue weighted by Crippen LogP contribution is 2.17. The highest BCUT2D eigenvalue weighted by atomic mass is 16.3. The first-order valence-electron chi connectivity index (χ1n) is 4.55. The van der Waals surface area contributed by atoms with Crippen molar-refractivity contribution in [2.24, 2.45) is 0 Å². The third-order valence-corrected chi connectivity index (χ3v) is 2.29. The molecule has 0 saturated carbocycles. The van der Waals surface area contributed by atoms with E-state index >= 15 is 0 Å². The van der Waals surface area contributed by atoms with Crippen LogP contribution in [0.3, 0.4) is 0 Å². The van der Waals surface area contributed by atoms with Crippen molar-refractivity contribution in [3.8, 4) is 5.75 Å².